The Bertz CT molecular complexity index is 245. The molecule has 0 aliphatic heterocycles. The van der Waals surface area contributed by atoms with Crippen LogP contribution in [0.3, 0.4) is 0 Å². The Balaban J connectivity index is 2.87. The van der Waals surface area contributed by atoms with Crippen LogP contribution in [-0.4, -0.2) is 4.57 Å². The van der Waals surface area contributed by atoms with Crippen LogP contribution >= 0.6 is 0 Å². The molecule has 0 aromatic carbocycles. The van der Waals surface area contributed by atoms with Crippen LogP contribution in [0.5, 0.6) is 0 Å². The fourth-order valence-corrected chi connectivity index (χ4v) is 1.25. The van der Waals surface area contributed by atoms with Crippen LogP contribution in [0.1, 0.15) is 24.6 Å². The zero-order valence-electron chi connectivity index (χ0n) is 7.30. The number of hydrogen-bond acceptors (Lipinski definition) is 0. The molecule has 0 fully saturated rings. The van der Waals surface area contributed by atoms with Crippen molar-refractivity contribution in [3.8, 4) is 0 Å². The van der Waals surface area contributed by atoms with Gasteiger partial charge in [-0.2, -0.15) is 0 Å². The summed E-state index contributed by atoms with van der Waals surface area (Å²) < 4.78 is 2.17. The van der Waals surface area contributed by atoms with Crippen molar-refractivity contribution in [2.45, 2.75) is 19.8 Å². The summed E-state index contributed by atoms with van der Waals surface area (Å²) in [6.45, 7) is 5.93. The SMILES string of the molecule is C=Cc1cc(CCC)n(C)c1. The van der Waals surface area contributed by atoms with E-state index in [-0.39, 0.29) is 0 Å². The molecule has 1 rings (SSSR count). The molecule has 0 radical (unpaired) electrons. The lowest BCUT2D eigenvalue weighted by molar-refractivity contribution is 0.787. The topological polar surface area (TPSA) is 4.93 Å². The van der Waals surface area contributed by atoms with E-state index in [0.717, 1.165) is 6.42 Å². The Morgan fingerprint density at radius 1 is 1.64 bits per heavy atom. The maximum absolute atomic E-state index is 3.73. The standard InChI is InChI=1S/C10H15N/c1-4-6-10-7-9(5-2)8-11(10)3/h5,7-8H,2,4,6H2,1,3H3. The Kier molecular flexibility index (Phi) is 2.53. The summed E-state index contributed by atoms with van der Waals surface area (Å²) in [5.74, 6) is 0. The third-order valence-electron chi connectivity index (χ3n) is 1.87. The second-order valence-electron chi connectivity index (χ2n) is 2.83. The molecule has 0 unspecified atom stereocenters. The molecule has 0 saturated heterocycles. The quantitative estimate of drug-likeness (QED) is 0.622. The lowest BCUT2D eigenvalue weighted by atomic mass is 10.2. The van der Waals surface area contributed by atoms with Gasteiger partial charge >= 0.3 is 0 Å². The van der Waals surface area contributed by atoms with E-state index in [0.29, 0.717) is 0 Å². The van der Waals surface area contributed by atoms with Crippen molar-refractivity contribution < 1.29 is 0 Å². The summed E-state index contributed by atoms with van der Waals surface area (Å²) in [4.78, 5) is 0. The Hall–Kier alpha value is -0.980. The highest BCUT2D eigenvalue weighted by atomic mass is 14.9. The summed E-state index contributed by atoms with van der Waals surface area (Å²) in [6, 6.07) is 2.19. The van der Waals surface area contributed by atoms with Gasteiger partial charge in [-0.3, -0.25) is 0 Å². The molecule has 0 atom stereocenters. The van der Waals surface area contributed by atoms with Crippen LogP contribution < -0.4 is 0 Å². The number of aryl methyl sites for hydroxylation is 2. The second-order valence-corrected chi connectivity index (χ2v) is 2.83. The molecule has 11 heavy (non-hydrogen) atoms. The predicted molar refractivity (Wildman–Crippen MR) is 49.5 cm³/mol. The molecular formula is C10H15N. The van der Waals surface area contributed by atoms with E-state index >= 15 is 0 Å². The molecule has 0 N–H and O–H groups in total. The highest BCUT2D eigenvalue weighted by molar-refractivity contribution is 5.47. The highest BCUT2D eigenvalue weighted by Crippen LogP contribution is 2.09. The van der Waals surface area contributed by atoms with E-state index in [2.05, 4.69) is 37.4 Å². The molecule has 1 aromatic rings. The first kappa shape index (κ1) is 8.12. The number of aromatic nitrogens is 1. The average molecular weight is 149 g/mol. The molecular weight excluding hydrogens is 134 g/mol. The fraction of sp³-hybridized carbons (Fsp3) is 0.400. The van der Waals surface area contributed by atoms with Crippen LogP contribution in [0.15, 0.2) is 18.8 Å². The summed E-state index contributed by atoms with van der Waals surface area (Å²) in [7, 11) is 2.08. The molecule has 1 heterocycles. The number of nitrogens with zero attached hydrogens (tertiary/aromatic N) is 1. The van der Waals surface area contributed by atoms with Gasteiger partial charge in [-0.1, -0.05) is 26.0 Å². The van der Waals surface area contributed by atoms with E-state index in [1.165, 1.54) is 17.7 Å². The van der Waals surface area contributed by atoms with Gasteiger partial charge in [0.05, 0.1) is 0 Å². The normalized spacial score (nSPS) is 10.0. The van der Waals surface area contributed by atoms with Crippen molar-refractivity contribution in [2.24, 2.45) is 7.05 Å². The van der Waals surface area contributed by atoms with Gasteiger partial charge in [-0.25, -0.2) is 0 Å². The van der Waals surface area contributed by atoms with Crippen molar-refractivity contribution >= 4 is 6.08 Å². The van der Waals surface area contributed by atoms with Gasteiger partial charge in [-0.15, -0.1) is 0 Å². The number of hydrogen-bond donors (Lipinski definition) is 0. The molecule has 1 aromatic heterocycles. The lowest BCUT2D eigenvalue weighted by Crippen LogP contribution is -1.92. The third-order valence-corrected chi connectivity index (χ3v) is 1.87. The largest absolute Gasteiger partial charge is 0.354 e. The third kappa shape index (κ3) is 1.73. The van der Waals surface area contributed by atoms with Gasteiger partial charge < -0.3 is 4.57 Å². The zero-order valence-corrected chi connectivity index (χ0v) is 7.30. The molecule has 0 bridgehead atoms. The molecule has 0 spiro atoms. The molecule has 0 aliphatic rings. The van der Waals surface area contributed by atoms with Crippen molar-refractivity contribution in [1.29, 1.82) is 0 Å². The smallest absolute Gasteiger partial charge is 0.0177 e. The van der Waals surface area contributed by atoms with Gasteiger partial charge in [-0.05, 0) is 18.1 Å². The van der Waals surface area contributed by atoms with Crippen LogP contribution in [0.4, 0.5) is 0 Å². The molecule has 1 heteroatoms. The van der Waals surface area contributed by atoms with E-state index in [4.69, 9.17) is 0 Å². The Labute approximate surface area is 68.4 Å². The van der Waals surface area contributed by atoms with Gasteiger partial charge in [0.15, 0.2) is 0 Å². The lowest BCUT2D eigenvalue weighted by Gasteiger charge is -1.98. The van der Waals surface area contributed by atoms with Crippen LogP contribution in [0.25, 0.3) is 6.08 Å². The van der Waals surface area contributed by atoms with Gasteiger partial charge in [0.2, 0.25) is 0 Å². The maximum atomic E-state index is 3.73. The molecule has 0 aliphatic carbocycles. The molecule has 0 amide bonds. The minimum absolute atomic E-state index is 1.16. The Morgan fingerprint density at radius 2 is 2.36 bits per heavy atom. The van der Waals surface area contributed by atoms with Gasteiger partial charge in [0, 0.05) is 18.9 Å². The average Bonchev–Trinajstić information content (AvgIpc) is 2.33. The monoisotopic (exact) mass is 149 g/mol. The van der Waals surface area contributed by atoms with Gasteiger partial charge in [0.25, 0.3) is 0 Å². The molecule has 60 valence electrons. The first-order valence-corrected chi connectivity index (χ1v) is 4.05. The summed E-state index contributed by atoms with van der Waals surface area (Å²) in [5.41, 5.74) is 2.61. The summed E-state index contributed by atoms with van der Waals surface area (Å²) in [5, 5.41) is 0. The van der Waals surface area contributed by atoms with Crippen molar-refractivity contribution in [3.63, 3.8) is 0 Å². The highest BCUT2D eigenvalue weighted by Gasteiger charge is 1.97. The Morgan fingerprint density at radius 3 is 2.82 bits per heavy atom. The van der Waals surface area contributed by atoms with Crippen molar-refractivity contribution in [1.82, 2.24) is 4.57 Å². The first-order chi connectivity index (χ1) is 5.27. The van der Waals surface area contributed by atoms with E-state index < -0.39 is 0 Å². The zero-order chi connectivity index (χ0) is 8.27. The molecule has 0 saturated carbocycles. The van der Waals surface area contributed by atoms with Gasteiger partial charge in [0.1, 0.15) is 0 Å². The molecule has 1 nitrogen and oxygen atoms in total. The van der Waals surface area contributed by atoms with Crippen molar-refractivity contribution in [3.05, 3.63) is 30.1 Å². The van der Waals surface area contributed by atoms with Crippen molar-refractivity contribution in [2.75, 3.05) is 0 Å². The maximum Gasteiger partial charge on any atom is 0.0177 e. The second kappa shape index (κ2) is 3.42. The van der Waals surface area contributed by atoms with Crippen LogP contribution in [-0.2, 0) is 13.5 Å². The van der Waals surface area contributed by atoms with Crippen LogP contribution in [0, 0.1) is 0 Å². The summed E-state index contributed by atoms with van der Waals surface area (Å²) in [6.07, 6.45) is 6.36. The fourth-order valence-electron chi connectivity index (χ4n) is 1.25. The van der Waals surface area contributed by atoms with E-state index in [9.17, 15) is 0 Å². The summed E-state index contributed by atoms with van der Waals surface area (Å²) >= 11 is 0. The van der Waals surface area contributed by atoms with E-state index in [1.807, 2.05) is 6.08 Å². The first-order valence-electron chi connectivity index (χ1n) is 4.05. The minimum Gasteiger partial charge on any atom is -0.354 e. The minimum atomic E-state index is 1.16. The van der Waals surface area contributed by atoms with E-state index in [1.54, 1.807) is 0 Å². The predicted octanol–water partition coefficient (Wildman–Crippen LogP) is 2.62. The van der Waals surface area contributed by atoms with Crippen LogP contribution in [0.2, 0.25) is 0 Å². The number of rotatable bonds is 3.